The molecule has 0 aliphatic rings. The number of halogens is 1. The summed E-state index contributed by atoms with van der Waals surface area (Å²) in [5.41, 5.74) is 0.496. The van der Waals surface area contributed by atoms with Gasteiger partial charge in [0.2, 0.25) is 4.77 Å². The quantitative estimate of drug-likeness (QED) is 0.631. The smallest absolute Gasteiger partial charge is 0.201 e. The summed E-state index contributed by atoms with van der Waals surface area (Å²) in [5, 5.41) is 0.464. The predicted octanol–water partition coefficient (Wildman–Crippen LogP) is 1.77. The fraction of sp³-hybridized carbons (Fsp3) is 0.143. The lowest BCUT2D eigenvalue weighted by Crippen LogP contribution is -1.94. The maximum absolute atomic E-state index is 12.9. The van der Waals surface area contributed by atoms with Crippen LogP contribution in [-0.2, 0) is 7.05 Å². The molecule has 62 valence electrons. The van der Waals surface area contributed by atoms with Gasteiger partial charge in [-0.1, -0.05) is 0 Å². The molecule has 0 aliphatic carbocycles. The largest absolute Gasteiger partial charge is 0.343 e. The number of nitrogens with one attached hydrogen (secondary N) is 1. The molecule has 0 saturated heterocycles. The fourth-order valence-electron chi connectivity index (χ4n) is 1.04. The number of fused-ring (bicyclic) bond motifs is 1. The average molecular weight is 183 g/mol. The number of aromatic nitrogens is 3. The zero-order valence-electron chi connectivity index (χ0n) is 6.34. The number of nitrogens with zero attached hydrogens (tertiary/aromatic N) is 2. The van der Waals surface area contributed by atoms with Crippen molar-refractivity contribution >= 4 is 23.3 Å². The SMILES string of the molecule is Cn1cc2c(F)c[nH]c2nc1=S. The first-order valence-corrected chi connectivity index (χ1v) is 3.79. The van der Waals surface area contributed by atoms with Crippen molar-refractivity contribution in [1.82, 2.24) is 14.5 Å². The molecule has 0 aromatic carbocycles. The lowest BCUT2D eigenvalue weighted by Gasteiger charge is -1.96. The van der Waals surface area contributed by atoms with Crippen molar-refractivity contribution in [2.24, 2.45) is 7.05 Å². The summed E-state index contributed by atoms with van der Waals surface area (Å²) in [5.74, 6) is -0.303. The van der Waals surface area contributed by atoms with Crippen molar-refractivity contribution in [2.75, 3.05) is 0 Å². The van der Waals surface area contributed by atoms with Gasteiger partial charge in [0, 0.05) is 19.4 Å². The highest BCUT2D eigenvalue weighted by Crippen LogP contribution is 2.13. The molecule has 0 saturated carbocycles. The van der Waals surface area contributed by atoms with Gasteiger partial charge in [0.15, 0.2) is 5.82 Å². The molecule has 0 fully saturated rings. The molecule has 5 heteroatoms. The standard InChI is InChI=1S/C7H6FN3S/c1-11-3-4-5(8)2-9-6(4)10-7(11)12/h2-3H,1H3,(H,9,10,12). The number of hydrogen-bond acceptors (Lipinski definition) is 2. The number of aryl methyl sites for hydroxylation is 1. The maximum atomic E-state index is 12.9. The predicted molar refractivity (Wildman–Crippen MR) is 45.9 cm³/mol. The van der Waals surface area contributed by atoms with E-state index in [1.807, 2.05) is 0 Å². The van der Waals surface area contributed by atoms with E-state index < -0.39 is 0 Å². The minimum Gasteiger partial charge on any atom is -0.343 e. The first kappa shape index (κ1) is 7.42. The van der Waals surface area contributed by atoms with E-state index >= 15 is 0 Å². The van der Waals surface area contributed by atoms with Gasteiger partial charge in [0.1, 0.15) is 5.65 Å². The van der Waals surface area contributed by atoms with Crippen molar-refractivity contribution in [1.29, 1.82) is 0 Å². The molecule has 2 heterocycles. The summed E-state index contributed by atoms with van der Waals surface area (Å²) in [6.45, 7) is 0. The Morgan fingerprint density at radius 3 is 3.17 bits per heavy atom. The third-order valence-corrected chi connectivity index (χ3v) is 2.06. The van der Waals surface area contributed by atoms with Crippen LogP contribution in [0.15, 0.2) is 12.4 Å². The highest BCUT2D eigenvalue weighted by molar-refractivity contribution is 7.71. The van der Waals surface area contributed by atoms with Gasteiger partial charge in [-0.15, -0.1) is 0 Å². The lowest BCUT2D eigenvalue weighted by molar-refractivity contribution is 0.638. The first-order valence-electron chi connectivity index (χ1n) is 3.39. The van der Waals surface area contributed by atoms with Crippen LogP contribution in [0, 0.1) is 10.6 Å². The molecule has 0 bridgehead atoms. The van der Waals surface area contributed by atoms with Crippen LogP contribution in [0.2, 0.25) is 0 Å². The summed E-state index contributed by atoms with van der Waals surface area (Å²) in [6, 6.07) is 0. The van der Waals surface area contributed by atoms with Crippen LogP contribution in [0.1, 0.15) is 0 Å². The molecule has 0 unspecified atom stereocenters. The Labute approximate surface area is 72.9 Å². The molecule has 0 radical (unpaired) electrons. The molecule has 2 rings (SSSR count). The molecule has 0 amide bonds. The molecular formula is C7H6FN3S. The Balaban J connectivity index is 2.97. The Morgan fingerprint density at radius 1 is 1.67 bits per heavy atom. The minimum atomic E-state index is -0.303. The number of H-pyrrole nitrogens is 1. The van der Waals surface area contributed by atoms with Crippen LogP contribution in [0.25, 0.3) is 11.0 Å². The molecular weight excluding hydrogens is 177 g/mol. The normalized spacial score (nSPS) is 10.8. The lowest BCUT2D eigenvalue weighted by atomic mass is 10.4. The second-order valence-corrected chi connectivity index (χ2v) is 2.90. The van der Waals surface area contributed by atoms with E-state index in [9.17, 15) is 4.39 Å². The van der Waals surface area contributed by atoms with Crippen molar-refractivity contribution in [3.05, 3.63) is 23.0 Å². The van der Waals surface area contributed by atoms with Crippen LogP contribution in [0.3, 0.4) is 0 Å². The van der Waals surface area contributed by atoms with Crippen molar-refractivity contribution in [3.63, 3.8) is 0 Å². The number of hydrogen-bond donors (Lipinski definition) is 1. The van der Waals surface area contributed by atoms with E-state index in [2.05, 4.69) is 9.97 Å². The maximum Gasteiger partial charge on any atom is 0.201 e. The van der Waals surface area contributed by atoms with Gasteiger partial charge < -0.3 is 9.55 Å². The Bertz CT molecular complexity index is 485. The summed E-state index contributed by atoms with van der Waals surface area (Å²) < 4.78 is 15.0. The molecule has 1 N–H and O–H groups in total. The van der Waals surface area contributed by atoms with Crippen molar-refractivity contribution < 1.29 is 4.39 Å². The van der Waals surface area contributed by atoms with E-state index in [4.69, 9.17) is 12.2 Å². The third kappa shape index (κ3) is 0.937. The Kier molecular flexibility index (Phi) is 1.47. The molecule has 0 spiro atoms. The van der Waals surface area contributed by atoms with Crippen molar-refractivity contribution in [3.8, 4) is 0 Å². The van der Waals surface area contributed by atoms with Gasteiger partial charge in [-0.3, -0.25) is 0 Å². The molecule has 12 heavy (non-hydrogen) atoms. The van der Waals surface area contributed by atoms with Gasteiger partial charge in [0.25, 0.3) is 0 Å². The topological polar surface area (TPSA) is 33.6 Å². The highest BCUT2D eigenvalue weighted by atomic mass is 32.1. The molecule has 2 aromatic rings. The first-order chi connectivity index (χ1) is 5.68. The molecule has 3 nitrogen and oxygen atoms in total. The summed E-state index contributed by atoms with van der Waals surface area (Å²) in [4.78, 5) is 6.67. The summed E-state index contributed by atoms with van der Waals surface area (Å²) >= 11 is 4.90. The second kappa shape index (κ2) is 2.38. The number of rotatable bonds is 0. The third-order valence-electron chi connectivity index (χ3n) is 1.68. The van der Waals surface area contributed by atoms with Gasteiger partial charge >= 0.3 is 0 Å². The van der Waals surface area contributed by atoms with Crippen LogP contribution in [0.5, 0.6) is 0 Å². The van der Waals surface area contributed by atoms with Gasteiger partial charge in [-0.25, -0.2) is 9.37 Å². The van der Waals surface area contributed by atoms with Gasteiger partial charge in [-0.2, -0.15) is 0 Å². The van der Waals surface area contributed by atoms with E-state index in [-0.39, 0.29) is 5.82 Å². The van der Waals surface area contributed by atoms with E-state index in [1.54, 1.807) is 17.8 Å². The van der Waals surface area contributed by atoms with Gasteiger partial charge in [-0.05, 0) is 12.2 Å². The molecule has 2 aromatic heterocycles. The van der Waals surface area contributed by atoms with Crippen LogP contribution in [-0.4, -0.2) is 14.5 Å². The van der Waals surface area contributed by atoms with Crippen molar-refractivity contribution in [2.45, 2.75) is 0 Å². The Hall–Kier alpha value is -1.23. The summed E-state index contributed by atoms with van der Waals surface area (Å²) in [7, 11) is 1.74. The fourth-order valence-corrected chi connectivity index (χ4v) is 1.18. The van der Waals surface area contributed by atoms with E-state index in [1.165, 1.54) is 6.20 Å². The Morgan fingerprint density at radius 2 is 2.42 bits per heavy atom. The highest BCUT2D eigenvalue weighted by Gasteiger charge is 2.03. The van der Waals surface area contributed by atoms with Crippen LogP contribution in [0.4, 0.5) is 4.39 Å². The minimum absolute atomic E-state index is 0.303. The van der Waals surface area contributed by atoms with E-state index in [0.29, 0.717) is 15.8 Å². The zero-order valence-corrected chi connectivity index (χ0v) is 7.15. The number of aromatic amines is 1. The second-order valence-electron chi connectivity index (χ2n) is 2.53. The van der Waals surface area contributed by atoms with Crippen LogP contribution >= 0.6 is 12.2 Å². The van der Waals surface area contributed by atoms with Gasteiger partial charge in [0.05, 0.1) is 5.39 Å². The zero-order chi connectivity index (χ0) is 8.72. The molecule has 0 aliphatic heterocycles. The molecule has 0 atom stereocenters. The van der Waals surface area contributed by atoms with Crippen LogP contribution < -0.4 is 0 Å². The average Bonchev–Trinajstić information content (AvgIpc) is 2.35. The van der Waals surface area contributed by atoms with E-state index in [0.717, 1.165) is 0 Å². The monoisotopic (exact) mass is 183 g/mol. The summed E-state index contributed by atoms with van der Waals surface area (Å²) in [6.07, 6.45) is 2.89.